The summed E-state index contributed by atoms with van der Waals surface area (Å²) in [6, 6.07) is 40.7. The standard InChI is InChI=1S/C71H82N4O27/c1-40(76)87-38-49-54(56(89-33-44-23-13-8-14-24-44)51(67(86-7)96-49)73-71(83)93-37-48-31-21-12-22-32-48)98-70-64(95-43(4)79)60(91-35-46-27-17-10-18-28-46)61(62(102-70)66(82)85-6)101-68-52(74-75-72)57(94-42(3)78)55(50(97-68)39-88-41(2)77)99-69-63(92-36-47-29-19-11-20-30-47)58(53(80)59(100-69)65(81)84-5)90-34-45-25-15-9-16-26-45/h8-32,49-64,67-70,80H,33-39H2,1-7H3,(H,73,83). The predicted octanol–water partition coefficient (Wildman–Crippen LogP) is 5.70. The Kier molecular flexibility index (Phi) is 29.0. The number of amides is 1. The Morgan fingerprint density at radius 2 is 0.824 bits per heavy atom. The molecule has 31 nitrogen and oxygen atoms in total. The summed E-state index contributed by atoms with van der Waals surface area (Å²) in [4.78, 5) is 98.5. The molecule has 0 aliphatic carbocycles. The Morgan fingerprint density at radius 3 is 1.27 bits per heavy atom. The summed E-state index contributed by atoms with van der Waals surface area (Å²) in [7, 11) is 3.38. The maximum absolute atomic E-state index is 14.8. The van der Waals surface area contributed by atoms with Crippen LogP contribution in [0, 0.1) is 0 Å². The lowest BCUT2D eigenvalue weighted by Crippen LogP contribution is -2.70. The summed E-state index contributed by atoms with van der Waals surface area (Å²) in [6.07, 6.45) is -32.3. The highest BCUT2D eigenvalue weighted by molar-refractivity contribution is 5.76. The molecule has 20 unspecified atom stereocenters. The molecule has 1 amide bonds. The maximum Gasteiger partial charge on any atom is 0.407 e. The molecule has 20 atom stereocenters. The van der Waals surface area contributed by atoms with E-state index in [0.717, 1.165) is 41.9 Å². The Balaban J connectivity index is 1.13. The zero-order chi connectivity index (χ0) is 72.7. The summed E-state index contributed by atoms with van der Waals surface area (Å²) in [5, 5.41) is 18.8. The molecule has 548 valence electrons. The summed E-state index contributed by atoms with van der Waals surface area (Å²) in [6.45, 7) is 2.02. The van der Waals surface area contributed by atoms with Crippen LogP contribution in [0.25, 0.3) is 10.4 Å². The number of alkyl carbamates (subject to hydrolysis) is 1. The van der Waals surface area contributed by atoms with Crippen molar-refractivity contribution in [2.24, 2.45) is 5.11 Å². The number of aliphatic hydroxyl groups is 1. The number of nitrogens with one attached hydrogen (secondary N) is 1. The van der Waals surface area contributed by atoms with Gasteiger partial charge < -0.3 is 100 Å². The summed E-state index contributed by atoms with van der Waals surface area (Å²) in [5.41, 5.74) is 13.6. The molecule has 0 spiro atoms. The van der Waals surface area contributed by atoms with E-state index in [2.05, 4.69) is 15.3 Å². The molecule has 0 radical (unpaired) electrons. The first-order chi connectivity index (χ1) is 49.4. The number of esters is 6. The van der Waals surface area contributed by atoms with Crippen molar-refractivity contribution in [3.05, 3.63) is 190 Å². The van der Waals surface area contributed by atoms with E-state index < -0.39 is 178 Å². The van der Waals surface area contributed by atoms with Crippen LogP contribution in [-0.4, -0.2) is 204 Å². The Hall–Kier alpha value is -9.02. The average molecular weight is 1420 g/mol. The summed E-state index contributed by atoms with van der Waals surface area (Å²) in [5.74, 6) is -5.85. The van der Waals surface area contributed by atoms with Crippen molar-refractivity contribution in [3.8, 4) is 0 Å². The minimum Gasteiger partial charge on any atom is -0.467 e. The first-order valence-corrected chi connectivity index (χ1v) is 32.6. The second kappa shape index (κ2) is 38.3. The second-order valence-corrected chi connectivity index (χ2v) is 23.7. The third-order valence-corrected chi connectivity index (χ3v) is 16.6. The van der Waals surface area contributed by atoms with Gasteiger partial charge in [-0.1, -0.05) is 157 Å². The Bertz CT molecular complexity index is 3550. The van der Waals surface area contributed by atoms with Crippen LogP contribution in [-0.2, 0) is 152 Å². The molecule has 4 saturated heterocycles. The third-order valence-electron chi connectivity index (χ3n) is 16.6. The molecule has 4 heterocycles. The second-order valence-electron chi connectivity index (χ2n) is 23.7. The molecule has 4 aliphatic rings. The van der Waals surface area contributed by atoms with Gasteiger partial charge in [0.2, 0.25) is 0 Å². The van der Waals surface area contributed by atoms with Crippen LogP contribution in [0.2, 0.25) is 0 Å². The number of carbonyl (C=O) groups excluding carboxylic acids is 7. The van der Waals surface area contributed by atoms with Gasteiger partial charge in [0.05, 0.1) is 40.6 Å². The fourth-order valence-electron chi connectivity index (χ4n) is 11.9. The van der Waals surface area contributed by atoms with Crippen LogP contribution in [0.4, 0.5) is 4.79 Å². The van der Waals surface area contributed by atoms with Crippen LogP contribution in [0.1, 0.15) is 55.5 Å². The van der Waals surface area contributed by atoms with E-state index in [1.165, 1.54) is 7.11 Å². The number of ether oxygens (including phenoxy) is 19. The lowest BCUT2D eigenvalue weighted by atomic mass is 9.93. The molecule has 5 aromatic rings. The lowest BCUT2D eigenvalue weighted by molar-refractivity contribution is -0.376. The third kappa shape index (κ3) is 21.1. The van der Waals surface area contributed by atoms with E-state index in [-0.39, 0.29) is 33.0 Å². The monoisotopic (exact) mass is 1420 g/mol. The molecule has 5 aromatic carbocycles. The van der Waals surface area contributed by atoms with Crippen LogP contribution < -0.4 is 5.32 Å². The largest absolute Gasteiger partial charge is 0.467 e. The predicted molar refractivity (Wildman–Crippen MR) is 347 cm³/mol. The van der Waals surface area contributed by atoms with E-state index in [1.807, 2.05) is 0 Å². The van der Waals surface area contributed by atoms with E-state index in [4.69, 9.17) is 90.0 Å². The summed E-state index contributed by atoms with van der Waals surface area (Å²) < 4.78 is 118. The highest BCUT2D eigenvalue weighted by Gasteiger charge is 2.61. The molecule has 4 fully saturated rings. The fourth-order valence-corrected chi connectivity index (χ4v) is 11.9. The number of carbonyl (C=O) groups is 7. The van der Waals surface area contributed by atoms with Crippen molar-refractivity contribution < 1.29 is 129 Å². The first kappa shape index (κ1) is 77.1. The number of hydrogen-bond donors (Lipinski definition) is 2. The Labute approximate surface area is 586 Å². The van der Waals surface area contributed by atoms with Crippen LogP contribution in [0.3, 0.4) is 0 Å². The average Bonchev–Trinajstić information content (AvgIpc) is 0.764. The number of methoxy groups -OCH3 is 3. The number of hydrogen-bond acceptors (Lipinski definition) is 28. The van der Waals surface area contributed by atoms with Crippen molar-refractivity contribution in [2.75, 3.05) is 34.5 Å². The molecule has 4 aliphatic heterocycles. The smallest absolute Gasteiger partial charge is 0.407 e. The summed E-state index contributed by atoms with van der Waals surface area (Å²) >= 11 is 0. The van der Waals surface area contributed by atoms with Gasteiger partial charge >= 0.3 is 41.9 Å². The number of rotatable bonds is 31. The van der Waals surface area contributed by atoms with Crippen LogP contribution >= 0.6 is 0 Å². The topological polar surface area (TPSA) is 376 Å². The normalized spacial score (nSPS) is 29.1. The highest BCUT2D eigenvalue weighted by Crippen LogP contribution is 2.40. The number of nitrogens with zero attached hydrogens (tertiary/aromatic N) is 3. The molecule has 0 saturated carbocycles. The maximum atomic E-state index is 14.8. The van der Waals surface area contributed by atoms with E-state index in [1.54, 1.807) is 152 Å². The van der Waals surface area contributed by atoms with Gasteiger partial charge in [-0.05, 0) is 33.3 Å². The molecule has 2 N–H and O–H groups in total. The van der Waals surface area contributed by atoms with Crippen molar-refractivity contribution >= 4 is 41.9 Å². The minimum atomic E-state index is -2.07. The SMILES string of the molecule is COC(=O)C1OC(OC2C(COC(C)=O)OC(OC3C(C(=O)OC)OC(OC4C(COC(C)=O)OC(OC)C(NC(=O)OCc5ccccc5)C4OCc4ccccc4)C(OC(C)=O)C3OCc3ccccc3)C(N=[N+]=[N-])C2OC(C)=O)C(OCc2ccccc2)C(OCc2ccccc2)C1O. The van der Waals surface area contributed by atoms with Gasteiger partial charge in [0.1, 0.15) is 99.0 Å². The number of benzene rings is 5. The number of azide groups is 1. The zero-order valence-corrected chi connectivity index (χ0v) is 56.8. The lowest BCUT2D eigenvalue weighted by Gasteiger charge is -2.51. The highest BCUT2D eigenvalue weighted by atomic mass is 16.8. The van der Waals surface area contributed by atoms with Gasteiger partial charge in [-0.3, -0.25) is 19.2 Å². The van der Waals surface area contributed by atoms with Gasteiger partial charge in [-0.15, -0.1) is 0 Å². The van der Waals surface area contributed by atoms with E-state index in [0.29, 0.717) is 27.8 Å². The van der Waals surface area contributed by atoms with E-state index >= 15 is 0 Å². The molecule has 31 heteroatoms. The fraction of sp³-hybridized carbons (Fsp3) is 0.479. The van der Waals surface area contributed by atoms with Crippen molar-refractivity contribution in [1.82, 2.24) is 5.32 Å². The van der Waals surface area contributed by atoms with Gasteiger partial charge in [-0.2, -0.15) is 0 Å². The van der Waals surface area contributed by atoms with E-state index in [9.17, 15) is 44.2 Å². The van der Waals surface area contributed by atoms with Gasteiger partial charge in [0.25, 0.3) is 0 Å². The number of aliphatic hydroxyl groups excluding tert-OH is 1. The van der Waals surface area contributed by atoms with Gasteiger partial charge in [0, 0.05) is 39.7 Å². The van der Waals surface area contributed by atoms with Crippen LogP contribution in [0.5, 0.6) is 0 Å². The van der Waals surface area contributed by atoms with Gasteiger partial charge in [0.15, 0.2) is 43.5 Å². The zero-order valence-electron chi connectivity index (χ0n) is 56.8. The molecular weight excluding hydrogens is 1340 g/mol. The van der Waals surface area contributed by atoms with Crippen molar-refractivity contribution in [2.45, 2.75) is 183 Å². The van der Waals surface area contributed by atoms with Crippen molar-refractivity contribution in [3.63, 3.8) is 0 Å². The Morgan fingerprint density at radius 1 is 0.431 bits per heavy atom. The van der Waals surface area contributed by atoms with Gasteiger partial charge in [-0.25, -0.2) is 14.4 Å². The molecule has 0 aromatic heterocycles. The quantitative estimate of drug-likeness (QED) is 0.0177. The molecule has 0 bridgehead atoms. The molecule has 102 heavy (non-hydrogen) atoms. The minimum absolute atomic E-state index is 0.140. The van der Waals surface area contributed by atoms with Crippen LogP contribution in [0.15, 0.2) is 157 Å². The molecular formula is C71H82N4O27. The van der Waals surface area contributed by atoms with Crippen molar-refractivity contribution in [1.29, 1.82) is 0 Å². The molecule has 9 rings (SSSR count). The first-order valence-electron chi connectivity index (χ1n) is 32.6.